The summed E-state index contributed by atoms with van der Waals surface area (Å²) in [4.78, 5) is 23.8. The van der Waals surface area contributed by atoms with E-state index in [0.717, 1.165) is 12.1 Å². The highest BCUT2D eigenvalue weighted by molar-refractivity contribution is 6.32. The van der Waals surface area contributed by atoms with Crippen molar-refractivity contribution in [3.63, 3.8) is 0 Å². The van der Waals surface area contributed by atoms with E-state index in [1.807, 2.05) is 0 Å². The Kier molecular flexibility index (Phi) is 6.74. The Morgan fingerprint density at radius 1 is 1.27 bits per heavy atom. The zero-order valence-electron chi connectivity index (χ0n) is 14.1. The molecule has 5 nitrogen and oxygen atoms in total. The topological polar surface area (TPSA) is 67.4 Å². The number of amides is 2. The second kappa shape index (κ2) is 9.01. The molecule has 136 valence electrons. The van der Waals surface area contributed by atoms with Gasteiger partial charge in [0.1, 0.15) is 11.6 Å². The molecule has 0 aliphatic heterocycles. The van der Waals surface area contributed by atoms with E-state index in [9.17, 15) is 14.0 Å². The lowest BCUT2D eigenvalue weighted by molar-refractivity contribution is -0.122. The third kappa shape index (κ3) is 5.07. The standard InChI is InChI=1S/C19H18ClFN2O3/c1-3-16(26-17-8-6-5-7-13(17)20)19(25)22-12-9-10-14(21)15(11-12)23-18(24)4-2/h4-11,16H,2-3H2,1H3,(H,22,25)(H,23,24). The van der Waals surface area contributed by atoms with Crippen LogP contribution >= 0.6 is 11.6 Å². The average molecular weight is 377 g/mol. The zero-order valence-corrected chi connectivity index (χ0v) is 14.8. The summed E-state index contributed by atoms with van der Waals surface area (Å²) in [5.74, 6) is -1.20. The molecule has 0 aliphatic rings. The minimum absolute atomic E-state index is 0.0622. The first-order valence-electron chi connectivity index (χ1n) is 7.89. The molecular formula is C19H18ClFN2O3. The van der Waals surface area contributed by atoms with E-state index in [4.69, 9.17) is 16.3 Å². The molecule has 0 spiro atoms. The van der Waals surface area contributed by atoms with Crippen LogP contribution in [-0.2, 0) is 9.59 Å². The molecule has 0 heterocycles. The van der Waals surface area contributed by atoms with Crippen molar-refractivity contribution in [2.45, 2.75) is 19.4 Å². The van der Waals surface area contributed by atoms with Crippen LogP contribution in [0.1, 0.15) is 13.3 Å². The van der Waals surface area contributed by atoms with Crippen LogP contribution in [0.25, 0.3) is 0 Å². The highest BCUT2D eigenvalue weighted by Gasteiger charge is 2.20. The largest absolute Gasteiger partial charge is 0.479 e. The van der Waals surface area contributed by atoms with Crippen molar-refractivity contribution in [3.05, 3.63) is 66.0 Å². The van der Waals surface area contributed by atoms with Crippen molar-refractivity contribution in [2.75, 3.05) is 10.6 Å². The molecule has 1 atom stereocenters. The number of carbonyl (C=O) groups excluding carboxylic acids is 2. The molecule has 0 aliphatic carbocycles. The monoisotopic (exact) mass is 376 g/mol. The minimum Gasteiger partial charge on any atom is -0.479 e. The fraction of sp³-hybridized carbons (Fsp3) is 0.158. The van der Waals surface area contributed by atoms with Crippen LogP contribution in [-0.4, -0.2) is 17.9 Å². The van der Waals surface area contributed by atoms with E-state index < -0.39 is 23.7 Å². The summed E-state index contributed by atoms with van der Waals surface area (Å²) in [6.45, 7) is 5.10. The molecule has 0 aromatic heterocycles. The van der Waals surface area contributed by atoms with E-state index in [-0.39, 0.29) is 5.69 Å². The summed E-state index contributed by atoms with van der Waals surface area (Å²) in [5.41, 5.74) is 0.254. The Hall–Kier alpha value is -2.86. The molecule has 26 heavy (non-hydrogen) atoms. The summed E-state index contributed by atoms with van der Waals surface area (Å²) in [6.07, 6.45) is 0.638. The van der Waals surface area contributed by atoms with Crippen molar-refractivity contribution in [1.82, 2.24) is 0 Å². The first-order chi connectivity index (χ1) is 12.4. The lowest BCUT2D eigenvalue weighted by atomic mass is 10.2. The molecule has 0 bridgehead atoms. The number of ether oxygens (including phenoxy) is 1. The third-order valence-corrected chi connectivity index (χ3v) is 3.76. The van der Waals surface area contributed by atoms with Gasteiger partial charge in [-0.25, -0.2) is 4.39 Å². The molecule has 7 heteroatoms. The number of benzene rings is 2. The maximum absolute atomic E-state index is 13.8. The van der Waals surface area contributed by atoms with Crippen molar-refractivity contribution < 1.29 is 18.7 Å². The normalized spacial score (nSPS) is 11.3. The molecule has 2 aromatic rings. The van der Waals surface area contributed by atoms with E-state index in [0.29, 0.717) is 22.9 Å². The number of para-hydroxylation sites is 1. The maximum Gasteiger partial charge on any atom is 0.265 e. The molecular weight excluding hydrogens is 359 g/mol. The van der Waals surface area contributed by atoms with Crippen LogP contribution in [0.2, 0.25) is 5.02 Å². The van der Waals surface area contributed by atoms with Gasteiger partial charge >= 0.3 is 0 Å². The molecule has 0 saturated heterocycles. The van der Waals surface area contributed by atoms with Gasteiger partial charge in [-0.3, -0.25) is 9.59 Å². The molecule has 0 saturated carbocycles. The van der Waals surface area contributed by atoms with Crippen molar-refractivity contribution in [2.24, 2.45) is 0 Å². The van der Waals surface area contributed by atoms with Crippen LogP contribution in [0.3, 0.4) is 0 Å². The lowest BCUT2D eigenvalue weighted by Gasteiger charge is -2.18. The van der Waals surface area contributed by atoms with Crippen LogP contribution < -0.4 is 15.4 Å². The number of carbonyl (C=O) groups is 2. The number of rotatable bonds is 7. The predicted molar refractivity (Wildman–Crippen MR) is 100 cm³/mol. The van der Waals surface area contributed by atoms with Gasteiger partial charge in [-0.1, -0.05) is 37.2 Å². The summed E-state index contributed by atoms with van der Waals surface area (Å²) in [6, 6.07) is 10.7. The van der Waals surface area contributed by atoms with Gasteiger partial charge in [-0.15, -0.1) is 0 Å². The zero-order chi connectivity index (χ0) is 19.1. The predicted octanol–water partition coefficient (Wildman–Crippen LogP) is 4.40. The average Bonchev–Trinajstić information content (AvgIpc) is 2.63. The summed E-state index contributed by atoms with van der Waals surface area (Å²) < 4.78 is 19.4. The van der Waals surface area contributed by atoms with Crippen molar-refractivity contribution >= 4 is 34.8 Å². The van der Waals surface area contributed by atoms with Crippen LogP contribution in [0, 0.1) is 5.82 Å². The van der Waals surface area contributed by atoms with Crippen LogP contribution in [0.4, 0.5) is 15.8 Å². The lowest BCUT2D eigenvalue weighted by Crippen LogP contribution is -2.32. The van der Waals surface area contributed by atoms with Gasteiger partial charge in [0.05, 0.1) is 10.7 Å². The smallest absolute Gasteiger partial charge is 0.265 e. The second-order valence-corrected chi connectivity index (χ2v) is 5.73. The fourth-order valence-corrected chi connectivity index (χ4v) is 2.30. The van der Waals surface area contributed by atoms with Gasteiger partial charge in [-0.05, 0) is 42.8 Å². The molecule has 0 radical (unpaired) electrons. The molecule has 2 aromatic carbocycles. The Balaban J connectivity index is 2.12. The number of nitrogens with one attached hydrogen (secondary N) is 2. The molecule has 1 unspecified atom stereocenters. The fourth-order valence-electron chi connectivity index (χ4n) is 2.12. The first kappa shape index (κ1) is 19.5. The quantitative estimate of drug-likeness (QED) is 0.704. The summed E-state index contributed by atoms with van der Waals surface area (Å²) >= 11 is 6.04. The van der Waals surface area contributed by atoms with Crippen molar-refractivity contribution in [1.29, 1.82) is 0 Å². The number of halogens is 2. The summed E-state index contributed by atoms with van der Waals surface area (Å²) in [5, 5.41) is 5.37. The van der Waals surface area contributed by atoms with E-state index in [2.05, 4.69) is 17.2 Å². The minimum atomic E-state index is -0.786. The number of anilines is 2. The van der Waals surface area contributed by atoms with Crippen molar-refractivity contribution in [3.8, 4) is 5.75 Å². The Morgan fingerprint density at radius 2 is 2.00 bits per heavy atom. The van der Waals surface area contributed by atoms with Gasteiger partial charge in [-0.2, -0.15) is 0 Å². The van der Waals surface area contributed by atoms with Gasteiger partial charge in [0, 0.05) is 5.69 Å². The first-order valence-corrected chi connectivity index (χ1v) is 8.27. The molecule has 2 rings (SSSR count). The van der Waals surface area contributed by atoms with Gasteiger partial charge in [0.25, 0.3) is 5.91 Å². The molecule has 2 N–H and O–H groups in total. The molecule has 2 amide bonds. The maximum atomic E-state index is 13.8. The SMILES string of the molecule is C=CC(=O)Nc1cc(NC(=O)C(CC)Oc2ccccc2Cl)ccc1F. The Labute approximate surface area is 155 Å². The highest BCUT2D eigenvalue weighted by Crippen LogP contribution is 2.25. The van der Waals surface area contributed by atoms with E-state index in [1.54, 1.807) is 31.2 Å². The van der Waals surface area contributed by atoms with Crippen LogP contribution in [0.5, 0.6) is 5.75 Å². The van der Waals surface area contributed by atoms with Crippen LogP contribution in [0.15, 0.2) is 55.1 Å². The van der Waals surface area contributed by atoms with Gasteiger partial charge in [0.2, 0.25) is 5.91 Å². The van der Waals surface area contributed by atoms with E-state index in [1.165, 1.54) is 12.1 Å². The molecule has 0 fully saturated rings. The Morgan fingerprint density at radius 3 is 2.65 bits per heavy atom. The third-order valence-electron chi connectivity index (χ3n) is 3.45. The number of hydrogen-bond donors (Lipinski definition) is 2. The van der Waals surface area contributed by atoms with Gasteiger partial charge in [0.15, 0.2) is 6.10 Å². The van der Waals surface area contributed by atoms with E-state index >= 15 is 0 Å². The highest BCUT2D eigenvalue weighted by atomic mass is 35.5. The summed E-state index contributed by atoms with van der Waals surface area (Å²) in [7, 11) is 0. The van der Waals surface area contributed by atoms with Gasteiger partial charge < -0.3 is 15.4 Å². The Bertz CT molecular complexity index is 826. The number of hydrogen-bond acceptors (Lipinski definition) is 3. The second-order valence-electron chi connectivity index (χ2n) is 5.32.